The van der Waals surface area contributed by atoms with Crippen LogP contribution in [0, 0.1) is 21.8 Å². The molecule has 1 fully saturated rings. The summed E-state index contributed by atoms with van der Waals surface area (Å²) in [5, 5.41) is 17.7. The number of anilines is 1. The molecule has 0 saturated carbocycles. The maximum atomic E-state index is 13.1. The number of benzene rings is 2. The first kappa shape index (κ1) is 22.3. The number of aromatic nitrogens is 2. The number of piperidine rings is 1. The summed E-state index contributed by atoms with van der Waals surface area (Å²) in [4.78, 5) is 29.7. The van der Waals surface area contributed by atoms with Gasteiger partial charge in [0.2, 0.25) is 17.6 Å². The molecule has 1 aliphatic heterocycles. The van der Waals surface area contributed by atoms with Gasteiger partial charge in [-0.1, -0.05) is 5.16 Å². The third-order valence-electron chi connectivity index (χ3n) is 5.54. The van der Waals surface area contributed by atoms with Crippen LogP contribution in [0.1, 0.15) is 18.7 Å². The second-order valence-electron chi connectivity index (χ2n) is 7.70. The first-order chi connectivity index (χ1) is 15.9. The molecule has 11 heteroatoms. The second-order valence-corrected chi connectivity index (χ2v) is 7.70. The highest BCUT2D eigenvalue weighted by Gasteiger charge is 2.27. The maximum Gasteiger partial charge on any atom is 0.271 e. The number of amides is 1. The van der Waals surface area contributed by atoms with Gasteiger partial charge in [-0.3, -0.25) is 19.8 Å². The van der Waals surface area contributed by atoms with E-state index in [1.54, 1.807) is 12.1 Å². The van der Waals surface area contributed by atoms with Gasteiger partial charge in [0.25, 0.3) is 5.69 Å². The molecule has 0 atom stereocenters. The minimum atomic E-state index is -0.521. The highest BCUT2D eigenvalue weighted by molar-refractivity contribution is 5.94. The summed E-state index contributed by atoms with van der Waals surface area (Å²) in [6.07, 6.45) is 1.23. The molecule has 1 saturated heterocycles. The molecular formula is C22H22FN5O5. The van der Waals surface area contributed by atoms with Crippen LogP contribution in [-0.4, -0.2) is 46.1 Å². The van der Waals surface area contributed by atoms with Crippen molar-refractivity contribution in [2.24, 2.45) is 5.92 Å². The number of methoxy groups -OCH3 is 1. The summed E-state index contributed by atoms with van der Waals surface area (Å²) >= 11 is 0. The molecule has 10 nitrogen and oxygen atoms in total. The number of likely N-dealkylation sites (tertiary alicyclic amines) is 1. The third-order valence-corrected chi connectivity index (χ3v) is 5.54. The Bertz CT molecular complexity index is 1140. The molecule has 4 rings (SSSR count). The molecule has 0 bridgehead atoms. The van der Waals surface area contributed by atoms with E-state index in [9.17, 15) is 19.3 Å². The van der Waals surface area contributed by atoms with Gasteiger partial charge in [0, 0.05) is 23.6 Å². The molecule has 33 heavy (non-hydrogen) atoms. The first-order valence-electron chi connectivity index (χ1n) is 10.4. The normalized spacial score (nSPS) is 14.7. The van der Waals surface area contributed by atoms with E-state index in [1.165, 1.54) is 37.4 Å². The number of ether oxygens (including phenoxy) is 1. The van der Waals surface area contributed by atoms with E-state index in [4.69, 9.17) is 9.26 Å². The molecule has 0 aliphatic carbocycles. The van der Waals surface area contributed by atoms with Gasteiger partial charge in [-0.2, -0.15) is 4.98 Å². The minimum absolute atomic E-state index is 0.125. The molecule has 1 amide bonds. The van der Waals surface area contributed by atoms with Gasteiger partial charge < -0.3 is 14.6 Å². The number of nitrogens with one attached hydrogen (secondary N) is 1. The van der Waals surface area contributed by atoms with Crippen LogP contribution in [0.5, 0.6) is 5.75 Å². The van der Waals surface area contributed by atoms with Crippen LogP contribution in [0.2, 0.25) is 0 Å². The van der Waals surface area contributed by atoms with Crippen LogP contribution >= 0.6 is 0 Å². The van der Waals surface area contributed by atoms with E-state index in [2.05, 4.69) is 20.4 Å². The van der Waals surface area contributed by atoms with Crippen molar-refractivity contribution in [3.05, 3.63) is 64.3 Å². The Kier molecular flexibility index (Phi) is 6.59. The topological polar surface area (TPSA) is 124 Å². The van der Waals surface area contributed by atoms with Crippen LogP contribution in [0.4, 0.5) is 15.8 Å². The van der Waals surface area contributed by atoms with Crippen molar-refractivity contribution in [2.45, 2.75) is 19.4 Å². The predicted octanol–water partition coefficient (Wildman–Crippen LogP) is 3.64. The second kappa shape index (κ2) is 9.74. The fraction of sp³-hybridized carbons (Fsp3) is 0.318. The van der Waals surface area contributed by atoms with Crippen LogP contribution < -0.4 is 10.1 Å². The van der Waals surface area contributed by atoms with Gasteiger partial charge >= 0.3 is 0 Å². The number of nitrogens with zero attached hydrogens (tertiary/aromatic N) is 4. The lowest BCUT2D eigenvalue weighted by Crippen LogP contribution is -2.37. The summed E-state index contributed by atoms with van der Waals surface area (Å²) in [6, 6.07) is 9.93. The van der Waals surface area contributed by atoms with Crippen LogP contribution in [0.3, 0.4) is 0 Å². The van der Waals surface area contributed by atoms with Crippen LogP contribution in [-0.2, 0) is 11.3 Å². The fourth-order valence-corrected chi connectivity index (χ4v) is 3.72. The summed E-state index contributed by atoms with van der Waals surface area (Å²) < 4.78 is 23.6. The van der Waals surface area contributed by atoms with Crippen LogP contribution in [0.15, 0.2) is 47.0 Å². The van der Waals surface area contributed by atoms with Crippen molar-refractivity contribution < 1.29 is 23.4 Å². The Hall–Kier alpha value is -3.86. The number of carbonyl (C=O) groups is 1. The Morgan fingerprint density at radius 2 is 2.00 bits per heavy atom. The average molecular weight is 455 g/mol. The standard InChI is InChI=1S/C22H22FN5O5/c1-32-19-7-6-17(28(30)31)12-18(19)24-22(29)15-8-10-27(11-9-15)13-20-25-21(26-33-20)14-2-4-16(23)5-3-14/h2-7,12,15H,8-11,13H2,1H3,(H,24,29). The van der Waals surface area contributed by atoms with Crippen LogP contribution in [0.25, 0.3) is 11.4 Å². The number of non-ortho nitro benzene ring substituents is 1. The molecule has 172 valence electrons. The molecule has 2 heterocycles. The number of halogens is 1. The van der Waals surface area contributed by atoms with E-state index >= 15 is 0 Å². The molecule has 1 N–H and O–H groups in total. The Morgan fingerprint density at radius 3 is 2.67 bits per heavy atom. The third kappa shape index (κ3) is 5.32. The van der Waals surface area contributed by atoms with Crippen molar-refractivity contribution in [1.82, 2.24) is 15.0 Å². The lowest BCUT2D eigenvalue weighted by Gasteiger charge is -2.30. The molecule has 2 aromatic carbocycles. The monoisotopic (exact) mass is 455 g/mol. The molecule has 3 aromatic rings. The fourth-order valence-electron chi connectivity index (χ4n) is 3.72. The van der Waals surface area contributed by atoms with Crippen molar-refractivity contribution in [3.63, 3.8) is 0 Å². The Balaban J connectivity index is 1.32. The number of hydrogen-bond acceptors (Lipinski definition) is 8. The summed E-state index contributed by atoms with van der Waals surface area (Å²) in [7, 11) is 1.44. The first-order valence-corrected chi connectivity index (χ1v) is 10.4. The largest absolute Gasteiger partial charge is 0.495 e. The highest BCUT2D eigenvalue weighted by Crippen LogP contribution is 2.30. The average Bonchev–Trinajstić information content (AvgIpc) is 3.28. The minimum Gasteiger partial charge on any atom is -0.495 e. The molecule has 1 aromatic heterocycles. The number of nitro benzene ring substituents is 1. The quantitative estimate of drug-likeness (QED) is 0.423. The van der Waals surface area contributed by atoms with Gasteiger partial charge in [0.1, 0.15) is 11.6 Å². The molecule has 0 spiro atoms. The number of rotatable bonds is 7. The predicted molar refractivity (Wildman–Crippen MR) is 116 cm³/mol. The molecule has 0 radical (unpaired) electrons. The molecular weight excluding hydrogens is 433 g/mol. The van der Waals surface area contributed by atoms with E-state index in [0.29, 0.717) is 55.5 Å². The van der Waals surface area contributed by atoms with Gasteiger partial charge in [0.05, 0.1) is 24.3 Å². The van der Waals surface area contributed by atoms with Crippen molar-refractivity contribution >= 4 is 17.3 Å². The smallest absolute Gasteiger partial charge is 0.271 e. The van der Waals surface area contributed by atoms with E-state index in [1.807, 2.05) is 0 Å². The van der Waals surface area contributed by atoms with Crippen molar-refractivity contribution in [2.75, 3.05) is 25.5 Å². The summed E-state index contributed by atoms with van der Waals surface area (Å²) in [6.45, 7) is 1.75. The van der Waals surface area contributed by atoms with Crippen molar-refractivity contribution in [1.29, 1.82) is 0 Å². The highest BCUT2D eigenvalue weighted by atomic mass is 19.1. The van der Waals surface area contributed by atoms with E-state index in [-0.39, 0.29) is 29.0 Å². The number of hydrogen-bond donors (Lipinski definition) is 1. The Labute approximate surface area is 188 Å². The van der Waals surface area contributed by atoms with Crippen molar-refractivity contribution in [3.8, 4) is 17.1 Å². The van der Waals surface area contributed by atoms with Gasteiger partial charge in [-0.05, 0) is 56.3 Å². The molecule has 1 aliphatic rings. The van der Waals surface area contributed by atoms with Gasteiger partial charge in [0.15, 0.2) is 0 Å². The summed E-state index contributed by atoms with van der Waals surface area (Å²) in [5.41, 5.74) is 0.817. The SMILES string of the molecule is COc1ccc([N+](=O)[O-])cc1NC(=O)C1CCN(Cc2nc(-c3ccc(F)cc3)no2)CC1. The number of carbonyl (C=O) groups excluding carboxylic acids is 1. The zero-order chi connectivity index (χ0) is 23.4. The lowest BCUT2D eigenvalue weighted by atomic mass is 9.95. The zero-order valence-electron chi connectivity index (χ0n) is 17.9. The summed E-state index contributed by atoms with van der Waals surface area (Å²) in [5.74, 6) is 0.425. The van der Waals surface area contributed by atoms with Gasteiger partial charge in [-0.25, -0.2) is 4.39 Å². The number of nitro groups is 1. The maximum absolute atomic E-state index is 13.1. The lowest BCUT2D eigenvalue weighted by molar-refractivity contribution is -0.384. The Morgan fingerprint density at radius 1 is 1.27 bits per heavy atom. The van der Waals surface area contributed by atoms with E-state index in [0.717, 1.165) is 0 Å². The molecule has 0 unspecified atom stereocenters. The van der Waals surface area contributed by atoms with E-state index < -0.39 is 4.92 Å². The zero-order valence-corrected chi connectivity index (χ0v) is 17.9. The van der Waals surface area contributed by atoms with Gasteiger partial charge in [-0.15, -0.1) is 0 Å².